The smallest absolute Gasteiger partial charge is 0.424 e. The van der Waals surface area contributed by atoms with E-state index >= 15 is 0 Å². The number of Topliss-reactive ketones (excluding diaryl/α,β-unsaturated/α-hetero) is 1. The summed E-state index contributed by atoms with van der Waals surface area (Å²) in [7, 11) is -1.96. The third-order valence-electron chi connectivity index (χ3n) is 12.7. The van der Waals surface area contributed by atoms with Crippen LogP contribution in [0.3, 0.4) is 0 Å². The molecule has 0 spiro atoms. The maximum Gasteiger partial charge on any atom is 0.424 e. The first-order chi connectivity index (χ1) is 27.7. The zero-order valence-electron chi connectivity index (χ0n) is 35.5. The largest absolute Gasteiger partial charge is 0.444 e. The number of hydrogen-bond donors (Lipinski definition) is 4. The molecule has 0 radical (unpaired) electrons. The molecule has 326 valence electrons. The number of hydrogen-bond acceptors (Lipinski definition) is 9. The van der Waals surface area contributed by atoms with Crippen molar-refractivity contribution in [1.29, 1.82) is 0 Å². The Kier molecular flexibility index (Phi) is 14.2. The molecule has 16 nitrogen and oxygen atoms in total. The van der Waals surface area contributed by atoms with Gasteiger partial charge in [-0.15, -0.1) is 6.58 Å². The van der Waals surface area contributed by atoms with E-state index in [0.717, 1.165) is 30.6 Å². The van der Waals surface area contributed by atoms with Crippen molar-refractivity contribution in [2.24, 2.45) is 34.5 Å². The quantitative estimate of drug-likeness (QED) is 0.134. The van der Waals surface area contributed by atoms with Crippen LogP contribution >= 0.6 is 0 Å². The van der Waals surface area contributed by atoms with Crippen molar-refractivity contribution in [3.8, 4) is 0 Å². The Labute approximate surface area is 348 Å². The van der Waals surface area contributed by atoms with E-state index in [1.807, 2.05) is 26.8 Å². The molecule has 1 heterocycles. The zero-order chi connectivity index (χ0) is 43.4. The molecule has 17 heteroatoms. The van der Waals surface area contributed by atoms with Crippen LogP contribution in [0.4, 0.5) is 9.59 Å². The molecule has 1 aromatic carbocycles. The van der Waals surface area contributed by atoms with Gasteiger partial charge in [0.15, 0.2) is 0 Å². The lowest BCUT2D eigenvalue weighted by Crippen LogP contribution is -2.62. The summed E-state index contributed by atoms with van der Waals surface area (Å²) in [5, 5.41) is 11.2. The fraction of sp³-hybridized carbons (Fsp3) is 0.667. The highest BCUT2D eigenvalue weighted by atomic mass is 32.2. The summed E-state index contributed by atoms with van der Waals surface area (Å²) in [6, 6.07) is 4.51. The average Bonchev–Trinajstić information content (AvgIpc) is 4.08. The minimum atomic E-state index is -4.37. The van der Waals surface area contributed by atoms with Crippen LogP contribution in [0.15, 0.2) is 43.0 Å². The van der Waals surface area contributed by atoms with Crippen molar-refractivity contribution in [2.45, 2.75) is 110 Å². The summed E-state index contributed by atoms with van der Waals surface area (Å²) >= 11 is 0. The molecule has 1 aliphatic heterocycles. The first-order valence-electron chi connectivity index (χ1n) is 20.7. The Bertz CT molecular complexity index is 1860. The molecule has 3 saturated carbocycles. The third-order valence-corrected chi connectivity index (χ3v) is 14.5. The van der Waals surface area contributed by atoms with Crippen molar-refractivity contribution >= 4 is 45.8 Å². The van der Waals surface area contributed by atoms with Gasteiger partial charge in [0, 0.05) is 39.8 Å². The normalized spacial score (nSPS) is 22.8. The van der Waals surface area contributed by atoms with E-state index in [0.29, 0.717) is 42.1 Å². The number of ketones is 1. The number of fused-ring (bicyclic) bond motifs is 1. The molecule has 6 atom stereocenters. The van der Waals surface area contributed by atoms with Gasteiger partial charge in [0.25, 0.3) is 5.91 Å². The monoisotopic (exact) mass is 841 g/mol. The van der Waals surface area contributed by atoms with Crippen molar-refractivity contribution in [3.05, 3.63) is 48.6 Å². The summed E-state index contributed by atoms with van der Waals surface area (Å²) in [5.41, 5.74) is -0.221. The van der Waals surface area contributed by atoms with Crippen molar-refractivity contribution in [3.63, 3.8) is 0 Å². The van der Waals surface area contributed by atoms with Crippen molar-refractivity contribution < 1.29 is 41.9 Å². The number of ether oxygens (including phenoxy) is 1. The van der Waals surface area contributed by atoms with Gasteiger partial charge in [-0.2, -0.15) is 17.0 Å². The number of rotatable bonds is 17. The number of benzene rings is 1. The van der Waals surface area contributed by atoms with Gasteiger partial charge in [-0.3, -0.25) is 19.2 Å². The van der Waals surface area contributed by atoms with Crippen LogP contribution in [0.5, 0.6) is 0 Å². The van der Waals surface area contributed by atoms with E-state index in [1.54, 1.807) is 29.2 Å². The number of likely N-dealkylation sites (tertiary alicyclic amines) is 1. The van der Waals surface area contributed by atoms with Gasteiger partial charge in [-0.25, -0.2) is 9.59 Å². The second-order valence-electron chi connectivity index (χ2n) is 18.3. The second kappa shape index (κ2) is 18.4. The molecule has 59 heavy (non-hydrogen) atoms. The minimum absolute atomic E-state index is 0.0329. The first kappa shape index (κ1) is 45.6. The molecule has 1 saturated heterocycles. The Balaban J connectivity index is 1.30. The molecule has 4 N–H and O–H groups in total. The molecular weight excluding hydrogens is 779 g/mol. The number of carbonyl (C=O) groups is 6. The molecule has 5 rings (SSSR count). The van der Waals surface area contributed by atoms with E-state index in [1.165, 1.54) is 13.1 Å². The summed E-state index contributed by atoms with van der Waals surface area (Å²) in [6.45, 7) is 13.3. The van der Waals surface area contributed by atoms with Crippen LogP contribution in [0.1, 0.15) is 85.1 Å². The Morgan fingerprint density at radius 3 is 2.15 bits per heavy atom. The van der Waals surface area contributed by atoms with Crippen molar-refractivity contribution in [2.75, 3.05) is 33.7 Å². The van der Waals surface area contributed by atoms with Crippen LogP contribution in [0.2, 0.25) is 0 Å². The molecule has 1 aromatic rings. The van der Waals surface area contributed by atoms with Gasteiger partial charge in [0.2, 0.25) is 17.6 Å². The molecule has 0 bridgehead atoms. The van der Waals surface area contributed by atoms with Crippen LogP contribution in [0.25, 0.3) is 0 Å². The lowest BCUT2D eigenvalue weighted by atomic mass is 9.83. The number of nitrogens with zero attached hydrogens (tertiary/aromatic N) is 3. The van der Waals surface area contributed by atoms with Crippen LogP contribution in [0, 0.1) is 34.5 Å². The molecule has 4 fully saturated rings. The summed E-state index contributed by atoms with van der Waals surface area (Å²) in [4.78, 5) is 83.2. The van der Waals surface area contributed by atoms with Gasteiger partial charge in [0.1, 0.15) is 24.7 Å². The maximum atomic E-state index is 14.8. The van der Waals surface area contributed by atoms with Gasteiger partial charge >= 0.3 is 22.3 Å². The predicted octanol–water partition coefficient (Wildman–Crippen LogP) is 3.34. The molecule has 4 aliphatic rings. The fourth-order valence-corrected chi connectivity index (χ4v) is 9.64. The molecule has 1 unspecified atom stereocenters. The Hall–Kier alpha value is -4.51. The Morgan fingerprint density at radius 1 is 0.932 bits per heavy atom. The SMILES string of the molecule is C=CCNC(=O)C(=O)C(NC(=O)[C@@H]1[C@@H]2[C@H](CN1C(=O)[C@@H](NC(=O)N[C@H](CN(C)S(=O)(=O)N(C)C(=O)OCc1ccccc1)C(C)(C)C)C1CCCCC1)C2(C)C)C1CC1. The standard InChI is InChI=1S/C42H63N7O9S/c1-9-22-43-37(52)35(50)32(28-20-21-28)45-36(51)34-31-29(42(31,5)6)23-49(34)38(53)33(27-18-14-11-15-19-27)46-39(54)44-30(41(2,3)4)24-47(7)59(56,57)48(8)40(55)58-25-26-16-12-10-13-17-26/h9-10,12-13,16-17,27-34H,1,11,14-15,18-25H2,2-8H3,(H,43,52)(H,45,51)(H2,44,46,54)/t29-,30+,31-,32?,33-,34-/m0/s1. The highest BCUT2D eigenvalue weighted by molar-refractivity contribution is 7.87. The van der Waals surface area contributed by atoms with Crippen molar-refractivity contribution in [1.82, 2.24) is 34.8 Å². The van der Waals surface area contributed by atoms with E-state index in [-0.39, 0.29) is 48.8 Å². The molecule has 0 aromatic heterocycles. The predicted molar refractivity (Wildman–Crippen MR) is 220 cm³/mol. The summed E-state index contributed by atoms with van der Waals surface area (Å²) < 4.78 is 33.8. The highest BCUT2D eigenvalue weighted by Crippen LogP contribution is 2.65. The zero-order valence-corrected chi connectivity index (χ0v) is 36.3. The fourth-order valence-electron chi connectivity index (χ4n) is 8.64. The van der Waals surface area contributed by atoms with Gasteiger partial charge in [-0.1, -0.05) is 90.3 Å². The number of carbonyl (C=O) groups excluding carboxylic acids is 6. The summed E-state index contributed by atoms with van der Waals surface area (Å²) in [6.07, 6.45) is 5.89. The highest BCUT2D eigenvalue weighted by Gasteiger charge is 2.70. The number of urea groups is 1. The number of piperidine rings is 1. The lowest BCUT2D eigenvalue weighted by molar-refractivity contribution is -0.145. The second-order valence-corrected chi connectivity index (χ2v) is 20.4. The van der Waals surface area contributed by atoms with Crippen LogP contribution in [-0.2, 0) is 40.7 Å². The average molecular weight is 842 g/mol. The lowest BCUT2D eigenvalue weighted by Gasteiger charge is -2.38. The topological polar surface area (TPSA) is 204 Å². The molecule has 6 amide bonds. The van der Waals surface area contributed by atoms with Crippen LogP contribution < -0.4 is 21.3 Å². The van der Waals surface area contributed by atoms with Gasteiger partial charge in [-0.05, 0) is 65.7 Å². The van der Waals surface area contributed by atoms with E-state index < -0.39 is 75.4 Å². The number of amides is 6. The number of nitrogens with one attached hydrogen (secondary N) is 4. The third kappa shape index (κ3) is 10.6. The van der Waals surface area contributed by atoms with E-state index in [9.17, 15) is 37.2 Å². The minimum Gasteiger partial charge on any atom is -0.444 e. The Morgan fingerprint density at radius 2 is 1.56 bits per heavy atom. The summed E-state index contributed by atoms with van der Waals surface area (Å²) in [5.74, 6) is -2.94. The van der Waals surface area contributed by atoms with E-state index in [2.05, 4.69) is 41.7 Å². The maximum absolute atomic E-state index is 14.8. The van der Waals surface area contributed by atoms with Gasteiger partial charge < -0.3 is 30.9 Å². The molecule has 3 aliphatic carbocycles. The molecular formula is C42H63N7O9S. The number of likely N-dealkylation sites (N-methyl/N-ethyl adjacent to an activating group) is 1. The van der Waals surface area contributed by atoms with Gasteiger partial charge in [0.05, 0.1) is 0 Å². The van der Waals surface area contributed by atoms with E-state index in [4.69, 9.17) is 4.74 Å². The van der Waals surface area contributed by atoms with Crippen LogP contribution in [-0.4, -0.2) is 115 Å². The first-order valence-corrected chi connectivity index (χ1v) is 22.1.